The number of fused-ring (bicyclic) bond motifs is 1. The minimum absolute atomic E-state index is 0.0587. The molecule has 0 aliphatic rings. The van der Waals surface area contributed by atoms with Crippen LogP contribution in [0.25, 0.3) is 10.2 Å². The number of benzene rings is 2. The zero-order valence-corrected chi connectivity index (χ0v) is 19.2. The molecule has 0 spiro atoms. The van der Waals surface area contributed by atoms with Crippen molar-refractivity contribution < 1.29 is 13.9 Å². The summed E-state index contributed by atoms with van der Waals surface area (Å²) in [6.45, 7) is 2.43. The molecule has 0 saturated heterocycles. The Balaban J connectivity index is 1.43. The molecular formula is C24H24N2O3S2. The van der Waals surface area contributed by atoms with Crippen molar-refractivity contribution in [3.63, 3.8) is 0 Å². The molecule has 4 rings (SSSR count). The zero-order chi connectivity index (χ0) is 21.6. The van der Waals surface area contributed by atoms with Gasteiger partial charge in [0.05, 0.1) is 30.1 Å². The van der Waals surface area contributed by atoms with Crippen LogP contribution in [0.2, 0.25) is 0 Å². The Morgan fingerprint density at radius 2 is 2.00 bits per heavy atom. The Kier molecular flexibility index (Phi) is 6.94. The van der Waals surface area contributed by atoms with E-state index in [1.807, 2.05) is 61.5 Å². The minimum Gasteiger partial charge on any atom is -0.497 e. The fraction of sp³-hybridized carbons (Fsp3) is 0.250. The molecule has 1 amide bonds. The molecule has 2 aromatic carbocycles. The predicted molar refractivity (Wildman–Crippen MR) is 127 cm³/mol. The van der Waals surface area contributed by atoms with Gasteiger partial charge >= 0.3 is 0 Å². The number of nitrogens with zero attached hydrogens (tertiary/aromatic N) is 2. The van der Waals surface area contributed by atoms with Gasteiger partial charge in [0.1, 0.15) is 11.5 Å². The van der Waals surface area contributed by atoms with Gasteiger partial charge in [-0.25, -0.2) is 4.98 Å². The summed E-state index contributed by atoms with van der Waals surface area (Å²) in [7, 11) is 1.66. The average Bonchev–Trinajstić information content (AvgIpc) is 3.45. The fourth-order valence-electron chi connectivity index (χ4n) is 3.23. The fourth-order valence-corrected chi connectivity index (χ4v) is 5.14. The van der Waals surface area contributed by atoms with Crippen molar-refractivity contribution in [2.24, 2.45) is 0 Å². The number of rotatable bonds is 9. The number of aromatic nitrogens is 1. The summed E-state index contributed by atoms with van der Waals surface area (Å²) < 4.78 is 11.8. The number of methoxy groups -OCH3 is 1. The van der Waals surface area contributed by atoms with Gasteiger partial charge in [0.15, 0.2) is 5.13 Å². The first-order valence-electron chi connectivity index (χ1n) is 10.1. The highest BCUT2D eigenvalue weighted by Crippen LogP contribution is 2.32. The van der Waals surface area contributed by atoms with Crippen LogP contribution in [-0.4, -0.2) is 23.8 Å². The molecule has 5 nitrogen and oxygen atoms in total. The monoisotopic (exact) mass is 452 g/mol. The second-order valence-corrected chi connectivity index (χ2v) is 9.28. The molecule has 0 atom stereocenters. The van der Waals surface area contributed by atoms with Crippen molar-refractivity contribution in [3.8, 4) is 5.75 Å². The normalized spacial score (nSPS) is 11.0. The van der Waals surface area contributed by atoms with E-state index in [0.29, 0.717) is 18.1 Å². The predicted octanol–water partition coefficient (Wildman–Crippen LogP) is 6.31. The van der Waals surface area contributed by atoms with Crippen LogP contribution < -0.4 is 9.64 Å². The highest BCUT2D eigenvalue weighted by atomic mass is 32.2. The molecule has 0 saturated carbocycles. The molecule has 2 aromatic heterocycles. The molecule has 4 aromatic rings. The molecule has 0 aliphatic heterocycles. The molecule has 7 heteroatoms. The summed E-state index contributed by atoms with van der Waals surface area (Å²) in [6, 6.07) is 17.8. The van der Waals surface area contributed by atoms with Gasteiger partial charge in [-0.05, 0) is 67.1 Å². The van der Waals surface area contributed by atoms with Crippen LogP contribution >= 0.6 is 23.1 Å². The molecular weight excluding hydrogens is 428 g/mol. The van der Waals surface area contributed by atoms with Crippen LogP contribution in [0.1, 0.15) is 24.2 Å². The van der Waals surface area contributed by atoms with Crippen LogP contribution in [-0.2, 0) is 11.3 Å². The Bertz CT molecular complexity index is 1140. The highest BCUT2D eigenvalue weighted by Gasteiger charge is 2.21. The number of thiazole rings is 1. The van der Waals surface area contributed by atoms with Gasteiger partial charge in [0.25, 0.3) is 0 Å². The Morgan fingerprint density at radius 3 is 2.71 bits per heavy atom. The highest BCUT2D eigenvalue weighted by molar-refractivity contribution is 7.99. The lowest BCUT2D eigenvalue weighted by Gasteiger charge is -2.18. The topological polar surface area (TPSA) is 55.6 Å². The van der Waals surface area contributed by atoms with Gasteiger partial charge in [-0.3, -0.25) is 9.69 Å². The number of anilines is 1. The van der Waals surface area contributed by atoms with Gasteiger partial charge < -0.3 is 9.15 Å². The Labute approximate surface area is 190 Å². The number of hydrogen-bond acceptors (Lipinski definition) is 6. The summed E-state index contributed by atoms with van der Waals surface area (Å²) in [5.41, 5.74) is 2.07. The summed E-state index contributed by atoms with van der Waals surface area (Å²) in [6.07, 6.45) is 2.87. The number of hydrogen-bond donors (Lipinski definition) is 0. The molecule has 160 valence electrons. The number of para-hydroxylation sites is 1. The van der Waals surface area contributed by atoms with E-state index in [1.165, 1.54) is 4.90 Å². The molecule has 0 N–H and O–H groups in total. The van der Waals surface area contributed by atoms with E-state index in [0.717, 1.165) is 39.5 Å². The van der Waals surface area contributed by atoms with E-state index in [1.54, 1.807) is 41.4 Å². The number of carbonyl (C=O) groups excluding carboxylic acids is 1. The SMILES string of the molecule is COc1ccc(SCCCC(=O)N(Cc2ccco2)c2nc3c(C)cccc3s2)cc1. The van der Waals surface area contributed by atoms with Crippen LogP contribution in [0.15, 0.2) is 70.2 Å². The molecule has 0 radical (unpaired) electrons. The average molecular weight is 453 g/mol. The van der Waals surface area contributed by atoms with Crippen LogP contribution in [0.4, 0.5) is 5.13 Å². The molecule has 31 heavy (non-hydrogen) atoms. The molecule has 0 fully saturated rings. The first-order valence-corrected chi connectivity index (χ1v) is 11.9. The lowest BCUT2D eigenvalue weighted by atomic mass is 10.2. The number of furan rings is 1. The standard InChI is InChI=1S/C24H24N2O3S2/c1-17-6-3-8-21-23(17)25-24(31-21)26(16-19-7-4-14-29-19)22(27)9-5-15-30-20-12-10-18(28-2)11-13-20/h3-4,6-8,10-14H,5,9,15-16H2,1-2H3. The van der Waals surface area contributed by atoms with Gasteiger partial charge in [-0.1, -0.05) is 23.5 Å². The van der Waals surface area contributed by atoms with E-state index in [-0.39, 0.29) is 5.91 Å². The Morgan fingerprint density at radius 1 is 1.16 bits per heavy atom. The van der Waals surface area contributed by atoms with Crippen LogP contribution in [0.3, 0.4) is 0 Å². The van der Waals surface area contributed by atoms with Gasteiger partial charge in [-0.2, -0.15) is 0 Å². The Hall–Kier alpha value is -2.77. The van der Waals surface area contributed by atoms with Crippen molar-refractivity contribution in [3.05, 3.63) is 72.2 Å². The van der Waals surface area contributed by atoms with E-state index in [4.69, 9.17) is 14.1 Å². The van der Waals surface area contributed by atoms with E-state index < -0.39 is 0 Å². The second-order valence-electron chi connectivity index (χ2n) is 7.10. The molecule has 0 unspecified atom stereocenters. The molecule has 0 aliphatic carbocycles. The summed E-state index contributed by atoms with van der Waals surface area (Å²) in [5.74, 6) is 2.52. The lowest BCUT2D eigenvalue weighted by molar-refractivity contribution is -0.118. The maximum Gasteiger partial charge on any atom is 0.229 e. The molecule has 0 bridgehead atoms. The van der Waals surface area contributed by atoms with Crippen molar-refractivity contribution in [2.45, 2.75) is 31.2 Å². The van der Waals surface area contributed by atoms with Crippen LogP contribution in [0, 0.1) is 6.92 Å². The summed E-state index contributed by atoms with van der Waals surface area (Å²) in [5, 5.41) is 0.716. The third-order valence-electron chi connectivity index (χ3n) is 4.90. The first-order chi connectivity index (χ1) is 15.1. The van der Waals surface area contributed by atoms with Crippen molar-refractivity contribution in [1.29, 1.82) is 0 Å². The number of thioether (sulfide) groups is 1. The maximum atomic E-state index is 13.2. The third-order valence-corrected chi connectivity index (χ3v) is 7.04. The van der Waals surface area contributed by atoms with Gasteiger partial charge in [0, 0.05) is 11.3 Å². The van der Waals surface area contributed by atoms with Gasteiger partial charge in [0.2, 0.25) is 5.91 Å². The third kappa shape index (κ3) is 5.29. The molecule has 2 heterocycles. The largest absolute Gasteiger partial charge is 0.497 e. The number of carbonyl (C=O) groups is 1. The number of amides is 1. The minimum atomic E-state index is 0.0587. The second kappa shape index (κ2) is 10.0. The van der Waals surface area contributed by atoms with Gasteiger partial charge in [-0.15, -0.1) is 11.8 Å². The number of aryl methyl sites for hydroxylation is 1. The quantitative estimate of drug-likeness (QED) is 0.220. The first kappa shape index (κ1) is 21.5. The smallest absolute Gasteiger partial charge is 0.229 e. The van der Waals surface area contributed by atoms with E-state index in [9.17, 15) is 4.79 Å². The zero-order valence-electron chi connectivity index (χ0n) is 17.5. The van der Waals surface area contributed by atoms with Crippen LogP contribution in [0.5, 0.6) is 5.75 Å². The maximum absolute atomic E-state index is 13.2. The van der Waals surface area contributed by atoms with Crippen molar-refractivity contribution in [1.82, 2.24) is 4.98 Å². The van der Waals surface area contributed by atoms with Crippen molar-refractivity contribution in [2.75, 3.05) is 17.8 Å². The lowest BCUT2D eigenvalue weighted by Crippen LogP contribution is -2.30. The number of ether oxygens (including phenoxy) is 1. The van der Waals surface area contributed by atoms with E-state index >= 15 is 0 Å². The van der Waals surface area contributed by atoms with Crippen molar-refractivity contribution >= 4 is 44.4 Å². The van der Waals surface area contributed by atoms with E-state index in [2.05, 4.69) is 0 Å². The summed E-state index contributed by atoms with van der Waals surface area (Å²) >= 11 is 3.29. The summed E-state index contributed by atoms with van der Waals surface area (Å²) in [4.78, 5) is 20.8.